The molecule has 3 rings (SSSR count). The van der Waals surface area contributed by atoms with Crippen molar-refractivity contribution in [3.63, 3.8) is 0 Å². The van der Waals surface area contributed by atoms with Crippen LogP contribution in [0.15, 0.2) is 15.7 Å². The molecule has 2 fully saturated rings. The monoisotopic (exact) mass is 335 g/mol. The minimum absolute atomic E-state index is 0.00313. The average molecular weight is 335 g/mol. The van der Waals surface area contributed by atoms with Gasteiger partial charge in [-0.05, 0) is 0 Å². The van der Waals surface area contributed by atoms with E-state index in [0.717, 1.165) is 11.1 Å². The zero-order valence-corrected chi connectivity index (χ0v) is 14.1. The summed E-state index contributed by atoms with van der Waals surface area (Å²) in [4.78, 5) is 54.2. The lowest BCUT2D eigenvalue weighted by Crippen LogP contribution is -2.64. The molecule has 0 aromatic carbocycles. The average Bonchev–Trinajstić information content (AvgIpc) is 2.58. The van der Waals surface area contributed by atoms with Gasteiger partial charge in [0.25, 0.3) is 11.5 Å². The van der Waals surface area contributed by atoms with Gasteiger partial charge >= 0.3 is 5.69 Å². The van der Waals surface area contributed by atoms with E-state index in [1.54, 1.807) is 16.8 Å². The predicted molar refractivity (Wildman–Crippen MR) is 85.8 cm³/mol. The second-order valence-corrected chi connectivity index (χ2v) is 6.33. The van der Waals surface area contributed by atoms with Crippen molar-refractivity contribution in [3.8, 4) is 0 Å². The van der Waals surface area contributed by atoms with Crippen molar-refractivity contribution < 1.29 is 9.59 Å². The van der Waals surface area contributed by atoms with E-state index < -0.39 is 17.2 Å². The molecule has 24 heavy (non-hydrogen) atoms. The Kier molecular flexibility index (Phi) is 4.04. The summed E-state index contributed by atoms with van der Waals surface area (Å²) in [6, 6.07) is 0.815. The molecule has 0 N–H and O–H groups in total. The number of aromatic nitrogens is 2. The Morgan fingerprint density at radius 3 is 2.38 bits per heavy atom. The van der Waals surface area contributed by atoms with Gasteiger partial charge in [-0.3, -0.25) is 28.4 Å². The van der Waals surface area contributed by atoms with Crippen LogP contribution in [0.4, 0.5) is 0 Å². The van der Waals surface area contributed by atoms with Crippen LogP contribution in [0.3, 0.4) is 0 Å². The maximum atomic E-state index is 12.8. The van der Waals surface area contributed by atoms with Crippen molar-refractivity contribution in [3.05, 3.63) is 32.6 Å². The number of rotatable bonds is 1. The highest BCUT2D eigenvalue weighted by Gasteiger charge is 2.39. The van der Waals surface area contributed by atoms with Crippen molar-refractivity contribution in [2.45, 2.75) is 6.04 Å². The van der Waals surface area contributed by atoms with Crippen LogP contribution in [0.25, 0.3) is 0 Å². The molecule has 0 radical (unpaired) electrons. The van der Waals surface area contributed by atoms with Gasteiger partial charge in [0, 0.05) is 59.9 Å². The van der Waals surface area contributed by atoms with E-state index >= 15 is 0 Å². The number of nitrogens with zero attached hydrogens (tertiary/aromatic N) is 5. The summed E-state index contributed by atoms with van der Waals surface area (Å²) in [6.45, 7) is 2.82. The van der Waals surface area contributed by atoms with Crippen molar-refractivity contribution in [1.82, 2.24) is 23.8 Å². The molecule has 0 bridgehead atoms. The highest BCUT2D eigenvalue weighted by Crippen LogP contribution is 2.17. The lowest BCUT2D eigenvalue weighted by Gasteiger charge is -2.45. The molecule has 0 saturated carbocycles. The van der Waals surface area contributed by atoms with Crippen LogP contribution < -0.4 is 11.2 Å². The summed E-state index contributed by atoms with van der Waals surface area (Å²) in [5.41, 5.74) is -1.01. The van der Waals surface area contributed by atoms with Crippen LogP contribution in [0.5, 0.6) is 0 Å². The molecule has 9 nitrogen and oxygen atoms in total. The maximum absolute atomic E-state index is 12.8. The zero-order chi connectivity index (χ0) is 17.6. The second-order valence-electron chi connectivity index (χ2n) is 6.33. The van der Waals surface area contributed by atoms with E-state index in [1.807, 2.05) is 0 Å². The lowest BCUT2D eigenvalue weighted by atomic mass is 10.1. The van der Waals surface area contributed by atoms with Gasteiger partial charge in [0.2, 0.25) is 5.91 Å². The normalized spacial score (nSPS) is 21.8. The summed E-state index contributed by atoms with van der Waals surface area (Å²) in [6.07, 6.45) is 0. The fraction of sp³-hybridized carbons (Fsp3) is 0.600. The molecule has 3 heterocycles. The van der Waals surface area contributed by atoms with E-state index in [4.69, 9.17) is 0 Å². The van der Waals surface area contributed by atoms with E-state index in [2.05, 4.69) is 4.90 Å². The molecular formula is C15H21N5O4. The Morgan fingerprint density at radius 1 is 1.00 bits per heavy atom. The molecule has 2 aliphatic heterocycles. The van der Waals surface area contributed by atoms with Gasteiger partial charge in [0.1, 0.15) is 11.7 Å². The first-order valence-corrected chi connectivity index (χ1v) is 7.86. The SMILES string of the molecule is CN1CCN2CCN(C(=O)c3cc(=O)n(C)c(=O)n3C)C[C@@H]2C1=O. The smallest absolute Gasteiger partial charge is 0.331 e. The first-order chi connectivity index (χ1) is 11.3. The Balaban J connectivity index is 1.88. The Bertz CT molecular complexity index is 811. The zero-order valence-electron chi connectivity index (χ0n) is 14.1. The van der Waals surface area contributed by atoms with Gasteiger partial charge in [0.15, 0.2) is 0 Å². The third-order valence-corrected chi connectivity index (χ3v) is 4.91. The van der Waals surface area contributed by atoms with Gasteiger partial charge in [-0.25, -0.2) is 4.79 Å². The first kappa shape index (κ1) is 16.4. The molecule has 2 amide bonds. The molecule has 0 aliphatic carbocycles. The summed E-state index contributed by atoms with van der Waals surface area (Å²) in [7, 11) is 4.59. The Labute approximate surface area is 138 Å². The third-order valence-electron chi connectivity index (χ3n) is 4.91. The molecule has 2 aliphatic rings. The largest absolute Gasteiger partial charge is 0.343 e. The molecule has 1 atom stereocenters. The molecule has 0 unspecified atom stereocenters. The number of fused-ring (bicyclic) bond motifs is 1. The molecule has 1 aromatic heterocycles. The van der Waals surface area contributed by atoms with E-state index in [9.17, 15) is 19.2 Å². The number of amides is 2. The summed E-state index contributed by atoms with van der Waals surface area (Å²) >= 11 is 0. The van der Waals surface area contributed by atoms with Crippen LogP contribution in [0, 0.1) is 0 Å². The second kappa shape index (κ2) is 5.90. The summed E-state index contributed by atoms with van der Waals surface area (Å²) in [5, 5.41) is 0. The number of carbonyl (C=O) groups is 2. The topological polar surface area (TPSA) is 87.9 Å². The minimum atomic E-state index is -0.544. The van der Waals surface area contributed by atoms with E-state index in [-0.39, 0.29) is 24.2 Å². The van der Waals surface area contributed by atoms with Crippen LogP contribution in [-0.4, -0.2) is 81.5 Å². The summed E-state index contributed by atoms with van der Waals surface area (Å²) in [5.74, 6) is -0.399. The lowest BCUT2D eigenvalue weighted by molar-refractivity contribution is -0.142. The molecule has 2 saturated heterocycles. The Morgan fingerprint density at radius 2 is 1.67 bits per heavy atom. The molecule has 9 heteroatoms. The van der Waals surface area contributed by atoms with Crippen LogP contribution in [0.2, 0.25) is 0 Å². The van der Waals surface area contributed by atoms with Gasteiger partial charge < -0.3 is 9.80 Å². The van der Waals surface area contributed by atoms with Crippen LogP contribution in [0.1, 0.15) is 10.5 Å². The van der Waals surface area contributed by atoms with Crippen molar-refractivity contribution in [1.29, 1.82) is 0 Å². The first-order valence-electron chi connectivity index (χ1n) is 7.86. The number of piperazine rings is 2. The van der Waals surface area contributed by atoms with Crippen molar-refractivity contribution >= 4 is 11.8 Å². The van der Waals surface area contributed by atoms with Crippen LogP contribution >= 0.6 is 0 Å². The van der Waals surface area contributed by atoms with Gasteiger partial charge in [0.05, 0.1) is 0 Å². The van der Waals surface area contributed by atoms with Crippen molar-refractivity contribution in [2.75, 3.05) is 39.8 Å². The van der Waals surface area contributed by atoms with Gasteiger partial charge in [-0.2, -0.15) is 0 Å². The fourth-order valence-corrected chi connectivity index (χ4v) is 3.25. The maximum Gasteiger partial charge on any atom is 0.331 e. The predicted octanol–water partition coefficient (Wildman–Crippen LogP) is -2.32. The van der Waals surface area contributed by atoms with Crippen LogP contribution in [-0.2, 0) is 18.9 Å². The molecular weight excluding hydrogens is 314 g/mol. The highest BCUT2D eigenvalue weighted by atomic mass is 16.2. The summed E-state index contributed by atoms with van der Waals surface area (Å²) < 4.78 is 2.12. The Hall–Kier alpha value is -2.42. The van der Waals surface area contributed by atoms with E-state index in [1.165, 1.54) is 24.7 Å². The highest BCUT2D eigenvalue weighted by molar-refractivity contribution is 5.93. The number of hydrogen-bond donors (Lipinski definition) is 0. The quantitative estimate of drug-likeness (QED) is 0.575. The molecule has 130 valence electrons. The fourth-order valence-electron chi connectivity index (χ4n) is 3.25. The van der Waals surface area contributed by atoms with Gasteiger partial charge in [-0.1, -0.05) is 0 Å². The van der Waals surface area contributed by atoms with Crippen molar-refractivity contribution in [2.24, 2.45) is 14.1 Å². The number of hydrogen-bond acceptors (Lipinski definition) is 5. The third kappa shape index (κ3) is 2.54. The number of carbonyl (C=O) groups excluding carboxylic acids is 2. The van der Waals surface area contributed by atoms with E-state index in [0.29, 0.717) is 19.6 Å². The molecule has 1 aromatic rings. The minimum Gasteiger partial charge on any atom is -0.343 e. The molecule has 0 spiro atoms. The standard InChI is InChI=1S/C15H21N5O4/c1-16-4-5-19-6-7-20(9-11(19)13(16)22)14(23)10-8-12(21)18(3)15(24)17(10)2/h8,11H,4-7,9H2,1-3H3/t11-/m1/s1. The number of likely N-dealkylation sites (N-methyl/N-ethyl adjacent to an activating group) is 1. The van der Waals surface area contributed by atoms with Gasteiger partial charge in [-0.15, -0.1) is 0 Å².